The van der Waals surface area contributed by atoms with Gasteiger partial charge < -0.3 is 16.5 Å². The number of nitrogens with two attached hydrogens (primary N) is 2. The van der Waals surface area contributed by atoms with E-state index in [1.54, 1.807) is 0 Å². The van der Waals surface area contributed by atoms with Crippen molar-refractivity contribution in [2.75, 3.05) is 5.73 Å². The smallest absolute Gasteiger partial charge is 0.0477 e. The molecule has 0 bridgehead atoms. The van der Waals surface area contributed by atoms with Crippen LogP contribution in [-0.4, -0.2) is 4.98 Å². The number of fused-ring (bicyclic) bond motifs is 1. The van der Waals surface area contributed by atoms with Crippen molar-refractivity contribution in [3.05, 3.63) is 30.0 Å². The topological polar surface area (TPSA) is 67.8 Å². The first-order valence-electron chi connectivity index (χ1n) is 4.85. The Hall–Kier alpha value is -1.48. The van der Waals surface area contributed by atoms with Crippen molar-refractivity contribution in [2.24, 2.45) is 5.73 Å². The van der Waals surface area contributed by atoms with Gasteiger partial charge in [0.1, 0.15) is 0 Å². The van der Waals surface area contributed by atoms with E-state index < -0.39 is 0 Å². The predicted molar refractivity (Wildman–Crippen MR) is 59.9 cm³/mol. The molecule has 1 aromatic carbocycles. The van der Waals surface area contributed by atoms with Crippen molar-refractivity contribution >= 4 is 16.6 Å². The Morgan fingerprint density at radius 2 is 2.21 bits per heavy atom. The molecule has 3 heteroatoms. The molecule has 2 aromatic rings. The molecule has 1 heterocycles. The summed E-state index contributed by atoms with van der Waals surface area (Å²) in [5, 5.41) is 1.06. The molecule has 2 rings (SSSR count). The molecule has 0 aliphatic rings. The number of nitrogen functional groups attached to an aromatic ring is 1. The molecule has 0 radical (unpaired) electrons. The molecule has 0 saturated carbocycles. The molecule has 0 saturated heterocycles. The van der Waals surface area contributed by atoms with Crippen LogP contribution >= 0.6 is 0 Å². The number of benzene rings is 1. The number of rotatable bonds is 2. The van der Waals surface area contributed by atoms with Gasteiger partial charge in [-0.05, 0) is 24.6 Å². The molecule has 0 aliphatic heterocycles. The zero-order valence-corrected chi connectivity index (χ0v) is 8.25. The average Bonchev–Trinajstić information content (AvgIpc) is 2.62. The van der Waals surface area contributed by atoms with E-state index in [-0.39, 0.29) is 6.04 Å². The monoisotopic (exact) mass is 189 g/mol. The van der Waals surface area contributed by atoms with E-state index >= 15 is 0 Å². The van der Waals surface area contributed by atoms with Crippen molar-refractivity contribution in [2.45, 2.75) is 19.4 Å². The average molecular weight is 189 g/mol. The van der Waals surface area contributed by atoms with Gasteiger partial charge in [-0.15, -0.1) is 0 Å². The number of hydrogen-bond acceptors (Lipinski definition) is 2. The van der Waals surface area contributed by atoms with E-state index in [9.17, 15) is 0 Å². The Labute approximate surface area is 83.1 Å². The van der Waals surface area contributed by atoms with Crippen LogP contribution in [-0.2, 0) is 0 Å². The fourth-order valence-electron chi connectivity index (χ4n) is 1.62. The summed E-state index contributed by atoms with van der Waals surface area (Å²) in [6.45, 7) is 2.07. The van der Waals surface area contributed by atoms with E-state index in [4.69, 9.17) is 11.5 Å². The van der Waals surface area contributed by atoms with Crippen molar-refractivity contribution < 1.29 is 0 Å². The van der Waals surface area contributed by atoms with Crippen LogP contribution in [0.1, 0.15) is 25.1 Å². The van der Waals surface area contributed by atoms with Crippen LogP contribution in [0, 0.1) is 0 Å². The second-order valence-electron chi connectivity index (χ2n) is 3.55. The summed E-state index contributed by atoms with van der Waals surface area (Å²) >= 11 is 0. The molecular formula is C11H15N3. The predicted octanol–water partition coefficient (Wildman–Crippen LogP) is 2.16. The SMILES string of the molecule is CCC(N)c1cc2c(N)cccc2[nH]1. The zero-order chi connectivity index (χ0) is 10.1. The first-order chi connectivity index (χ1) is 6.72. The van der Waals surface area contributed by atoms with Gasteiger partial charge in [0, 0.05) is 28.3 Å². The molecule has 14 heavy (non-hydrogen) atoms. The highest BCUT2D eigenvalue weighted by Crippen LogP contribution is 2.24. The third kappa shape index (κ3) is 1.36. The molecule has 1 atom stereocenters. The molecule has 5 N–H and O–H groups in total. The van der Waals surface area contributed by atoms with Gasteiger partial charge in [0.2, 0.25) is 0 Å². The van der Waals surface area contributed by atoms with Crippen molar-refractivity contribution in [3.8, 4) is 0 Å². The molecule has 0 aliphatic carbocycles. The Morgan fingerprint density at radius 3 is 2.86 bits per heavy atom. The van der Waals surface area contributed by atoms with Crippen LogP contribution in [0.3, 0.4) is 0 Å². The molecule has 1 aromatic heterocycles. The van der Waals surface area contributed by atoms with Gasteiger partial charge in [-0.3, -0.25) is 0 Å². The normalized spacial score (nSPS) is 13.3. The van der Waals surface area contributed by atoms with Gasteiger partial charge in [0.05, 0.1) is 0 Å². The van der Waals surface area contributed by atoms with E-state index in [0.717, 1.165) is 28.7 Å². The molecule has 3 nitrogen and oxygen atoms in total. The van der Waals surface area contributed by atoms with Crippen molar-refractivity contribution in [1.29, 1.82) is 0 Å². The molecule has 0 fully saturated rings. The van der Waals surface area contributed by atoms with Gasteiger partial charge in [-0.25, -0.2) is 0 Å². The number of H-pyrrole nitrogens is 1. The zero-order valence-electron chi connectivity index (χ0n) is 8.25. The maximum Gasteiger partial charge on any atom is 0.0477 e. The third-order valence-electron chi connectivity index (χ3n) is 2.56. The van der Waals surface area contributed by atoms with Crippen LogP contribution in [0.25, 0.3) is 10.9 Å². The maximum absolute atomic E-state index is 5.94. The lowest BCUT2D eigenvalue weighted by Crippen LogP contribution is -2.08. The second kappa shape index (κ2) is 3.35. The number of anilines is 1. The van der Waals surface area contributed by atoms with Gasteiger partial charge >= 0.3 is 0 Å². The molecule has 1 unspecified atom stereocenters. The Bertz CT molecular complexity index is 445. The minimum atomic E-state index is 0.0711. The van der Waals surface area contributed by atoms with Crippen LogP contribution < -0.4 is 11.5 Å². The lowest BCUT2D eigenvalue weighted by atomic mass is 10.1. The molecule has 0 spiro atoms. The van der Waals surface area contributed by atoms with E-state index in [2.05, 4.69) is 11.9 Å². The highest BCUT2D eigenvalue weighted by Gasteiger charge is 2.08. The largest absolute Gasteiger partial charge is 0.398 e. The van der Waals surface area contributed by atoms with Crippen LogP contribution in [0.15, 0.2) is 24.3 Å². The summed E-state index contributed by atoms with van der Waals surface area (Å²) in [5.41, 5.74) is 14.7. The second-order valence-corrected chi connectivity index (χ2v) is 3.55. The van der Waals surface area contributed by atoms with Gasteiger partial charge in [0.25, 0.3) is 0 Å². The highest BCUT2D eigenvalue weighted by molar-refractivity contribution is 5.91. The van der Waals surface area contributed by atoms with Crippen molar-refractivity contribution in [1.82, 2.24) is 4.98 Å². The van der Waals surface area contributed by atoms with Crippen LogP contribution in [0.5, 0.6) is 0 Å². The standard InChI is InChI=1S/C11H15N3/c1-2-8(12)11-6-7-9(13)4-3-5-10(7)14-11/h3-6,8,14H,2,12-13H2,1H3. The lowest BCUT2D eigenvalue weighted by Gasteiger charge is -2.03. The summed E-state index contributed by atoms with van der Waals surface area (Å²) in [7, 11) is 0. The number of aromatic amines is 1. The van der Waals surface area contributed by atoms with Crippen molar-refractivity contribution in [3.63, 3.8) is 0 Å². The number of nitrogens with one attached hydrogen (secondary N) is 1. The summed E-state index contributed by atoms with van der Waals surface area (Å²) in [6, 6.07) is 7.96. The van der Waals surface area contributed by atoms with E-state index in [1.165, 1.54) is 0 Å². The fourth-order valence-corrected chi connectivity index (χ4v) is 1.62. The minimum Gasteiger partial charge on any atom is -0.398 e. The summed E-state index contributed by atoms with van der Waals surface area (Å²) in [5.74, 6) is 0. The van der Waals surface area contributed by atoms with Crippen LogP contribution in [0.2, 0.25) is 0 Å². The van der Waals surface area contributed by atoms with E-state index in [0.29, 0.717) is 0 Å². The van der Waals surface area contributed by atoms with Gasteiger partial charge in [0.15, 0.2) is 0 Å². The number of aromatic nitrogens is 1. The summed E-state index contributed by atoms with van der Waals surface area (Å²) in [4.78, 5) is 3.28. The Balaban J connectivity index is 2.56. The third-order valence-corrected chi connectivity index (χ3v) is 2.56. The summed E-state index contributed by atoms with van der Waals surface area (Å²) in [6.07, 6.45) is 0.923. The molecule has 74 valence electrons. The van der Waals surface area contributed by atoms with Gasteiger partial charge in [-0.2, -0.15) is 0 Å². The maximum atomic E-state index is 5.94. The number of hydrogen-bond donors (Lipinski definition) is 3. The first kappa shape index (κ1) is 9.09. The quantitative estimate of drug-likeness (QED) is 0.634. The van der Waals surface area contributed by atoms with Gasteiger partial charge in [-0.1, -0.05) is 13.0 Å². The van der Waals surface area contributed by atoms with E-state index in [1.807, 2.05) is 24.3 Å². The fraction of sp³-hybridized carbons (Fsp3) is 0.273. The Kier molecular flexibility index (Phi) is 2.17. The summed E-state index contributed by atoms with van der Waals surface area (Å²) < 4.78 is 0. The Morgan fingerprint density at radius 1 is 1.43 bits per heavy atom. The highest BCUT2D eigenvalue weighted by atomic mass is 14.8. The molecular weight excluding hydrogens is 174 g/mol. The van der Waals surface area contributed by atoms with Crippen LogP contribution in [0.4, 0.5) is 5.69 Å². The lowest BCUT2D eigenvalue weighted by molar-refractivity contribution is 0.682. The first-order valence-corrected chi connectivity index (χ1v) is 4.85. The minimum absolute atomic E-state index is 0.0711. The molecule has 0 amide bonds.